The molecule has 0 bridgehead atoms. The molecular formula is C23H21NO3. The first-order valence-corrected chi connectivity index (χ1v) is 8.77. The Kier molecular flexibility index (Phi) is 6.00. The number of para-hydroxylation sites is 1. The number of carbonyl (C=O) groups is 2. The summed E-state index contributed by atoms with van der Waals surface area (Å²) in [6.07, 6.45) is -0.993. The molecule has 0 N–H and O–H groups in total. The summed E-state index contributed by atoms with van der Waals surface area (Å²) in [6.45, 7) is 1.70. The minimum Gasteiger partial charge on any atom is -0.447 e. The SMILES string of the molecule is CC(=O)O[C@@H](C(=O)N(Cc1ccccc1)c1ccccc1)c1ccccc1. The lowest BCUT2D eigenvalue weighted by Gasteiger charge is -2.27. The molecule has 3 rings (SSSR count). The van der Waals surface area contributed by atoms with Crippen LogP contribution in [-0.4, -0.2) is 11.9 Å². The molecule has 0 aliphatic heterocycles. The van der Waals surface area contributed by atoms with Gasteiger partial charge in [0.05, 0.1) is 6.54 Å². The van der Waals surface area contributed by atoms with Gasteiger partial charge in [-0.25, -0.2) is 0 Å². The lowest BCUT2D eigenvalue weighted by Crippen LogP contribution is -2.36. The van der Waals surface area contributed by atoms with Gasteiger partial charge in [0.1, 0.15) is 0 Å². The third-order valence-electron chi connectivity index (χ3n) is 4.13. The van der Waals surface area contributed by atoms with E-state index in [2.05, 4.69) is 0 Å². The van der Waals surface area contributed by atoms with Gasteiger partial charge < -0.3 is 9.64 Å². The highest BCUT2D eigenvalue weighted by Crippen LogP contribution is 2.26. The van der Waals surface area contributed by atoms with Crippen LogP contribution in [0.3, 0.4) is 0 Å². The molecule has 0 spiro atoms. The summed E-state index contributed by atoms with van der Waals surface area (Å²) in [4.78, 5) is 26.7. The molecule has 0 aliphatic rings. The maximum atomic E-state index is 13.4. The van der Waals surface area contributed by atoms with Crippen LogP contribution in [0.5, 0.6) is 0 Å². The smallest absolute Gasteiger partial charge is 0.303 e. The number of rotatable bonds is 6. The lowest BCUT2D eigenvalue weighted by atomic mass is 10.1. The fraction of sp³-hybridized carbons (Fsp3) is 0.130. The van der Waals surface area contributed by atoms with E-state index in [4.69, 9.17) is 4.74 Å². The highest BCUT2D eigenvalue weighted by molar-refractivity contribution is 5.98. The van der Waals surface area contributed by atoms with E-state index in [1.165, 1.54) is 6.92 Å². The highest BCUT2D eigenvalue weighted by Gasteiger charge is 2.29. The first kappa shape index (κ1) is 18.4. The zero-order valence-corrected chi connectivity index (χ0v) is 15.1. The Balaban J connectivity index is 1.98. The van der Waals surface area contributed by atoms with Crippen molar-refractivity contribution in [1.82, 2.24) is 0 Å². The predicted molar refractivity (Wildman–Crippen MR) is 105 cm³/mol. The minimum absolute atomic E-state index is 0.286. The van der Waals surface area contributed by atoms with Crippen molar-refractivity contribution in [1.29, 1.82) is 0 Å². The normalized spacial score (nSPS) is 11.4. The number of esters is 1. The molecule has 1 atom stereocenters. The molecule has 4 nitrogen and oxygen atoms in total. The van der Waals surface area contributed by atoms with Crippen LogP contribution in [0, 0.1) is 0 Å². The second kappa shape index (κ2) is 8.81. The van der Waals surface area contributed by atoms with Crippen molar-refractivity contribution in [2.24, 2.45) is 0 Å². The summed E-state index contributed by atoms with van der Waals surface area (Å²) in [5.41, 5.74) is 2.38. The van der Waals surface area contributed by atoms with Crippen molar-refractivity contribution >= 4 is 17.6 Å². The van der Waals surface area contributed by atoms with Gasteiger partial charge in [0.2, 0.25) is 6.10 Å². The van der Waals surface area contributed by atoms with E-state index >= 15 is 0 Å². The monoisotopic (exact) mass is 359 g/mol. The van der Waals surface area contributed by atoms with Crippen LogP contribution >= 0.6 is 0 Å². The number of nitrogens with zero attached hydrogens (tertiary/aromatic N) is 1. The number of hydrogen-bond donors (Lipinski definition) is 0. The van der Waals surface area contributed by atoms with Crippen LogP contribution in [-0.2, 0) is 20.9 Å². The molecular weight excluding hydrogens is 338 g/mol. The topological polar surface area (TPSA) is 46.6 Å². The fourth-order valence-corrected chi connectivity index (χ4v) is 2.87. The highest BCUT2D eigenvalue weighted by atomic mass is 16.5. The molecule has 0 saturated heterocycles. The van der Waals surface area contributed by atoms with Gasteiger partial charge in [0, 0.05) is 18.2 Å². The first-order chi connectivity index (χ1) is 13.1. The van der Waals surface area contributed by atoms with Gasteiger partial charge in [0.25, 0.3) is 5.91 Å². The minimum atomic E-state index is -0.993. The summed E-state index contributed by atoms with van der Waals surface area (Å²) in [7, 11) is 0. The number of carbonyl (C=O) groups excluding carboxylic acids is 2. The first-order valence-electron chi connectivity index (χ1n) is 8.77. The molecule has 0 aliphatic carbocycles. The van der Waals surface area contributed by atoms with Gasteiger partial charge in [-0.05, 0) is 17.7 Å². The quantitative estimate of drug-likeness (QED) is 0.608. The van der Waals surface area contributed by atoms with E-state index in [1.807, 2.05) is 78.9 Å². The van der Waals surface area contributed by atoms with Crippen LogP contribution in [0.4, 0.5) is 5.69 Å². The maximum absolute atomic E-state index is 13.4. The Morgan fingerprint density at radius 2 is 1.33 bits per heavy atom. The second-order valence-electron chi connectivity index (χ2n) is 6.15. The average molecular weight is 359 g/mol. The lowest BCUT2D eigenvalue weighted by molar-refractivity contribution is -0.153. The molecule has 0 saturated carbocycles. The number of ether oxygens (including phenoxy) is 1. The Labute approximate surface area is 159 Å². The average Bonchev–Trinajstić information content (AvgIpc) is 2.72. The summed E-state index contributed by atoms with van der Waals surface area (Å²) >= 11 is 0. The molecule has 0 aromatic heterocycles. The number of anilines is 1. The van der Waals surface area contributed by atoms with Gasteiger partial charge in [-0.2, -0.15) is 0 Å². The van der Waals surface area contributed by atoms with E-state index in [0.29, 0.717) is 12.1 Å². The standard InChI is InChI=1S/C23H21NO3/c1-18(25)27-22(20-13-7-3-8-14-20)23(26)24(21-15-9-4-10-16-21)17-19-11-5-2-6-12-19/h2-16,22H,17H2,1H3/t22-/m1/s1. The predicted octanol–water partition coefficient (Wildman–Crippen LogP) is 4.52. The van der Waals surface area contributed by atoms with Crippen LogP contribution in [0.1, 0.15) is 24.2 Å². The van der Waals surface area contributed by atoms with Crippen LogP contribution in [0.15, 0.2) is 91.0 Å². The van der Waals surface area contributed by atoms with Crippen molar-refractivity contribution in [3.63, 3.8) is 0 Å². The van der Waals surface area contributed by atoms with E-state index in [9.17, 15) is 9.59 Å². The van der Waals surface area contributed by atoms with Crippen LogP contribution in [0.2, 0.25) is 0 Å². The van der Waals surface area contributed by atoms with E-state index in [-0.39, 0.29) is 5.91 Å². The summed E-state index contributed by atoms with van der Waals surface area (Å²) < 4.78 is 5.41. The van der Waals surface area contributed by atoms with Gasteiger partial charge in [-0.15, -0.1) is 0 Å². The third-order valence-corrected chi connectivity index (χ3v) is 4.13. The molecule has 0 radical (unpaired) electrons. The van der Waals surface area contributed by atoms with E-state index < -0.39 is 12.1 Å². The molecule has 1 amide bonds. The summed E-state index contributed by atoms with van der Waals surface area (Å²) in [5.74, 6) is -0.781. The molecule has 0 fully saturated rings. The van der Waals surface area contributed by atoms with Crippen molar-refractivity contribution in [3.8, 4) is 0 Å². The molecule has 3 aromatic carbocycles. The Hall–Kier alpha value is -3.40. The number of hydrogen-bond acceptors (Lipinski definition) is 3. The maximum Gasteiger partial charge on any atom is 0.303 e. The Morgan fingerprint density at radius 1 is 0.815 bits per heavy atom. The molecule has 136 valence electrons. The third kappa shape index (κ3) is 4.82. The Morgan fingerprint density at radius 3 is 1.89 bits per heavy atom. The van der Waals surface area contributed by atoms with E-state index in [0.717, 1.165) is 11.3 Å². The molecule has 4 heteroatoms. The largest absolute Gasteiger partial charge is 0.447 e. The zero-order chi connectivity index (χ0) is 19.1. The van der Waals surface area contributed by atoms with Crippen LogP contribution < -0.4 is 4.90 Å². The fourth-order valence-electron chi connectivity index (χ4n) is 2.87. The van der Waals surface area contributed by atoms with Crippen molar-refractivity contribution in [2.45, 2.75) is 19.6 Å². The number of amides is 1. The van der Waals surface area contributed by atoms with Crippen LogP contribution in [0.25, 0.3) is 0 Å². The molecule has 0 heterocycles. The van der Waals surface area contributed by atoms with Gasteiger partial charge >= 0.3 is 5.97 Å². The van der Waals surface area contributed by atoms with Gasteiger partial charge in [0.15, 0.2) is 0 Å². The van der Waals surface area contributed by atoms with E-state index in [1.54, 1.807) is 17.0 Å². The molecule has 27 heavy (non-hydrogen) atoms. The van der Waals surface area contributed by atoms with Gasteiger partial charge in [-0.3, -0.25) is 9.59 Å². The summed E-state index contributed by atoms with van der Waals surface area (Å²) in [6, 6.07) is 28.2. The summed E-state index contributed by atoms with van der Waals surface area (Å²) in [5, 5.41) is 0. The van der Waals surface area contributed by atoms with Crippen molar-refractivity contribution < 1.29 is 14.3 Å². The number of benzene rings is 3. The Bertz CT molecular complexity index is 879. The van der Waals surface area contributed by atoms with Crippen molar-refractivity contribution in [3.05, 3.63) is 102 Å². The zero-order valence-electron chi connectivity index (χ0n) is 15.1. The van der Waals surface area contributed by atoms with Gasteiger partial charge in [-0.1, -0.05) is 78.9 Å². The second-order valence-corrected chi connectivity index (χ2v) is 6.15. The molecule has 3 aromatic rings. The van der Waals surface area contributed by atoms with Crippen molar-refractivity contribution in [2.75, 3.05) is 4.90 Å². The molecule has 0 unspecified atom stereocenters.